The van der Waals surface area contributed by atoms with E-state index in [1.54, 1.807) is 31.2 Å². The molecule has 0 aromatic heterocycles. The van der Waals surface area contributed by atoms with Crippen molar-refractivity contribution in [3.05, 3.63) is 91.1 Å². The molecule has 8 heteroatoms. The number of phenolic OH excluding ortho intramolecular Hbond substituents is 1. The fourth-order valence-corrected chi connectivity index (χ4v) is 6.86. The number of carbonyl (C=O) groups excluding carboxylic acids is 4. The Morgan fingerprint density at radius 3 is 2.46 bits per heavy atom. The van der Waals surface area contributed by atoms with Crippen molar-refractivity contribution in [2.24, 2.45) is 17.8 Å². The summed E-state index contributed by atoms with van der Waals surface area (Å²) in [6.07, 6.45) is 3.78. The van der Waals surface area contributed by atoms with Gasteiger partial charge in [-0.1, -0.05) is 23.3 Å². The van der Waals surface area contributed by atoms with E-state index in [-0.39, 0.29) is 35.6 Å². The van der Waals surface area contributed by atoms with Crippen LogP contribution < -0.4 is 4.90 Å². The summed E-state index contributed by atoms with van der Waals surface area (Å²) < 4.78 is 0.988. The number of halogens is 2. The van der Waals surface area contributed by atoms with Gasteiger partial charge in [0.25, 0.3) is 0 Å². The molecule has 6 nitrogen and oxygen atoms in total. The summed E-state index contributed by atoms with van der Waals surface area (Å²) in [6.45, 7) is 1.61. The van der Waals surface area contributed by atoms with Crippen molar-refractivity contribution in [1.82, 2.24) is 0 Å². The van der Waals surface area contributed by atoms with Crippen molar-refractivity contribution in [2.75, 3.05) is 4.90 Å². The molecule has 3 aliphatic carbocycles. The molecule has 1 saturated heterocycles. The highest BCUT2D eigenvalue weighted by molar-refractivity contribution is 14.1. The van der Waals surface area contributed by atoms with Gasteiger partial charge in [0, 0.05) is 36.8 Å². The first-order chi connectivity index (χ1) is 17.7. The Morgan fingerprint density at radius 1 is 1.00 bits per heavy atom. The van der Waals surface area contributed by atoms with E-state index in [1.807, 2.05) is 18.2 Å². The number of allylic oxidation sites excluding steroid dienone is 6. The molecule has 6 rings (SSSR count). The number of imide groups is 1. The van der Waals surface area contributed by atoms with Crippen LogP contribution in [0.4, 0.5) is 5.69 Å². The second-order valence-electron chi connectivity index (χ2n) is 9.92. The van der Waals surface area contributed by atoms with Crippen LogP contribution in [-0.2, 0) is 19.2 Å². The van der Waals surface area contributed by atoms with Gasteiger partial charge in [-0.2, -0.15) is 0 Å². The Kier molecular flexibility index (Phi) is 5.76. The quantitative estimate of drug-likeness (QED) is 0.212. The lowest BCUT2D eigenvalue weighted by Gasteiger charge is -2.42. The van der Waals surface area contributed by atoms with Gasteiger partial charge in [0.15, 0.2) is 11.6 Å². The van der Waals surface area contributed by atoms with Crippen LogP contribution in [0.2, 0.25) is 5.02 Å². The highest BCUT2D eigenvalue weighted by Crippen LogP contribution is 2.56. The van der Waals surface area contributed by atoms with Crippen LogP contribution in [0.15, 0.2) is 76.9 Å². The minimum Gasteiger partial charge on any atom is -0.508 e. The molecule has 186 valence electrons. The van der Waals surface area contributed by atoms with E-state index in [2.05, 4.69) is 22.6 Å². The number of amides is 2. The van der Waals surface area contributed by atoms with Gasteiger partial charge < -0.3 is 5.11 Å². The molecule has 0 radical (unpaired) electrons. The first-order valence-electron chi connectivity index (χ1n) is 12.0. The maximum Gasteiger partial charge on any atom is 0.238 e. The number of anilines is 1. The van der Waals surface area contributed by atoms with E-state index in [0.717, 1.165) is 9.14 Å². The van der Waals surface area contributed by atoms with Gasteiger partial charge in [0.2, 0.25) is 11.8 Å². The predicted octanol–water partition coefficient (Wildman–Crippen LogP) is 5.28. The monoisotopic (exact) mass is 625 g/mol. The Morgan fingerprint density at radius 2 is 1.73 bits per heavy atom. The molecule has 2 amide bonds. The molecule has 2 aromatic rings. The molecule has 0 bridgehead atoms. The zero-order valence-corrected chi connectivity index (χ0v) is 22.6. The standard InChI is InChI=1S/C29H21ClINO5/c1-13-10-23(34)21-12-19-17(24(26(21)27(13)35)20-11-14(30)2-9-22(20)33)7-8-18-25(19)29(37)32(28(18)36)16-5-3-15(31)4-6-16/h2-7,9-11,18-19,24-25,33H,8,12H2,1H3/t18-,19+,24+,25-/m0/s1. The zero-order chi connectivity index (χ0) is 26.2. The Bertz CT molecular complexity index is 1520. The van der Waals surface area contributed by atoms with E-state index in [4.69, 9.17) is 11.6 Å². The van der Waals surface area contributed by atoms with Crippen LogP contribution in [0.5, 0.6) is 5.75 Å². The summed E-state index contributed by atoms with van der Waals surface area (Å²) in [5, 5.41) is 11.2. The third kappa shape index (κ3) is 3.66. The molecule has 0 spiro atoms. The SMILES string of the molecule is CC1=CC(=O)C2=C(C1=O)[C@@H](c1cc(Cl)ccc1O)C1=CC[C@@H]3C(=O)N(c4ccc(I)cc4)C(=O)[C@@H]3[C@@H]1C2. The van der Waals surface area contributed by atoms with E-state index < -0.39 is 23.7 Å². The number of ketones is 2. The predicted molar refractivity (Wildman–Crippen MR) is 146 cm³/mol. The lowest BCUT2D eigenvalue weighted by atomic mass is 9.59. The number of carbonyl (C=O) groups is 4. The van der Waals surface area contributed by atoms with Crippen molar-refractivity contribution in [2.45, 2.75) is 25.7 Å². The van der Waals surface area contributed by atoms with Gasteiger partial charge in [-0.25, -0.2) is 0 Å². The number of fused-ring (bicyclic) bond motifs is 3. The average molecular weight is 626 g/mol. The molecular formula is C29H21ClINO5. The van der Waals surface area contributed by atoms with Crippen LogP contribution in [-0.4, -0.2) is 28.5 Å². The van der Waals surface area contributed by atoms with Gasteiger partial charge in [-0.3, -0.25) is 24.1 Å². The maximum atomic E-state index is 13.8. The van der Waals surface area contributed by atoms with Crippen molar-refractivity contribution < 1.29 is 24.3 Å². The number of hydrogen-bond donors (Lipinski definition) is 1. The Balaban J connectivity index is 1.50. The molecule has 2 aromatic carbocycles. The summed E-state index contributed by atoms with van der Waals surface area (Å²) in [4.78, 5) is 55.2. The van der Waals surface area contributed by atoms with Gasteiger partial charge in [-0.05, 0) is 96.8 Å². The minimum atomic E-state index is -0.733. The number of rotatable bonds is 2. The molecule has 1 heterocycles. The average Bonchev–Trinajstić information content (AvgIpc) is 3.13. The first-order valence-corrected chi connectivity index (χ1v) is 13.4. The number of hydrogen-bond acceptors (Lipinski definition) is 5. The van der Waals surface area contributed by atoms with Crippen LogP contribution in [0.25, 0.3) is 0 Å². The van der Waals surface area contributed by atoms with Crippen LogP contribution in [0.1, 0.15) is 31.2 Å². The minimum absolute atomic E-state index is 0.0493. The van der Waals surface area contributed by atoms with E-state index >= 15 is 0 Å². The molecule has 1 aliphatic heterocycles. The smallest absolute Gasteiger partial charge is 0.238 e. The fraction of sp³-hybridized carbons (Fsp3) is 0.241. The fourth-order valence-electron chi connectivity index (χ4n) is 6.32. The zero-order valence-electron chi connectivity index (χ0n) is 19.7. The molecule has 4 atom stereocenters. The number of benzene rings is 2. The molecule has 37 heavy (non-hydrogen) atoms. The molecular weight excluding hydrogens is 605 g/mol. The lowest BCUT2D eigenvalue weighted by molar-refractivity contribution is -0.123. The molecule has 0 saturated carbocycles. The van der Waals surface area contributed by atoms with Crippen molar-refractivity contribution in [3.63, 3.8) is 0 Å². The maximum absolute atomic E-state index is 13.8. The van der Waals surface area contributed by atoms with Gasteiger partial charge in [0.1, 0.15) is 5.75 Å². The highest BCUT2D eigenvalue weighted by atomic mass is 127. The van der Waals surface area contributed by atoms with Gasteiger partial charge in [0.05, 0.1) is 17.5 Å². The van der Waals surface area contributed by atoms with Gasteiger partial charge in [-0.15, -0.1) is 0 Å². The molecule has 1 N–H and O–H groups in total. The third-order valence-corrected chi connectivity index (χ3v) is 8.90. The second-order valence-corrected chi connectivity index (χ2v) is 11.6. The highest BCUT2D eigenvalue weighted by Gasteiger charge is 2.56. The van der Waals surface area contributed by atoms with E-state index in [1.165, 1.54) is 17.0 Å². The third-order valence-electron chi connectivity index (χ3n) is 7.95. The molecule has 0 unspecified atom stereocenters. The second kappa shape index (κ2) is 8.77. The van der Waals surface area contributed by atoms with Crippen LogP contribution >= 0.6 is 34.2 Å². The largest absolute Gasteiger partial charge is 0.508 e. The topological polar surface area (TPSA) is 91.8 Å². The number of nitrogens with zero attached hydrogens (tertiary/aromatic N) is 1. The Labute approximate surface area is 231 Å². The first kappa shape index (κ1) is 24.3. The van der Waals surface area contributed by atoms with Gasteiger partial charge >= 0.3 is 0 Å². The van der Waals surface area contributed by atoms with Crippen molar-refractivity contribution >= 4 is 63.3 Å². The normalized spacial score (nSPS) is 27.1. The summed E-state index contributed by atoms with van der Waals surface area (Å²) >= 11 is 8.46. The Hall–Kier alpha value is -3.04. The van der Waals surface area contributed by atoms with E-state index in [0.29, 0.717) is 39.4 Å². The summed E-state index contributed by atoms with van der Waals surface area (Å²) in [6, 6.07) is 11.8. The van der Waals surface area contributed by atoms with Crippen LogP contribution in [0, 0.1) is 21.3 Å². The van der Waals surface area contributed by atoms with E-state index in [9.17, 15) is 24.3 Å². The summed E-state index contributed by atoms with van der Waals surface area (Å²) in [7, 11) is 0. The van der Waals surface area contributed by atoms with Crippen molar-refractivity contribution in [3.8, 4) is 5.75 Å². The summed E-state index contributed by atoms with van der Waals surface area (Å²) in [5.41, 5.74) is 2.72. The lowest BCUT2D eigenvalue weighted by Crippen LogP contribution is -2.39. The van der Waals surface area contributed by atoms with Crippen molar-refractivity contribution in [1.29, 1.82) is 0 Å². The summed E-state index contributed by atoms with van der Waals surface area (Å²) in [5.74, 6) is -3.55. The molecule has 4 aliphatic rings. The number of aromatic hydroxyl groups is 1. The number of phenols is 1. The number of Topliss-reactive ketones (excluding diaryl/α,β-unsaturated/α-hetero) is 1. The molecule has 1 fully saturated rings. The van der Waals surface area contributed by atoms with Crippen LogP contribution in [0.3, 0.4) is 0 Å².